The number of aromatic nitrogens is 2. The smallest absolute Gasteiger partial charge is 0.321 e. The van der Waals surface area contributed by atoms with Crippen LogP contribution in [0, 0.1) is 11.3 Å². The summed E-state index contributed by atoms with van der Waals surface area (Å²) in [4.78, 5) is 21.4. The Morgan fingerprint density at radius 2 is 2.00 bits per heavy atom. The van der Waals surface area contributed by atoms with E-state index in [1.807, 2.05) is 30.3 Å². The van der Waals surface area contributed by atoms with Crippen LogP contribution in [0.25, 0.3) is 11.3 Å². The summed E-state index contributed by atoms with van der Waals surface area (Å²) in [7, 11) is 0. The Morgan fingerprint density at radius 1 is 1.20 bits per heavy atom. The molecule has 6 nitrogen and oxygen atoms in total. The van der Waals surface area contributed by atoms with Crippen LogP contribution in [0.4, 0.5) is 10.5 Å². The number of benzene rings is 1. The molecule has 0 unspecified atom stereocenters. The first-order valence-corrected chi connectivity index (χ1v) is 6.16. The summed E-state index contributed by atoms with van der Waals surface area (Å²) in [5.74, 6) is 0. The fraction of sp³-hybridized carbons (Fsp3) is 0.143. The first-order chi connectivity index (χ1) is 9.78. The molecule has 0 atom stereocenters. The monoisotopic (exact) mass is 265 g/mol. The van der Waals surface area contributed by atoms with Crippen molar-refractivity contribution in [2.24, 2.45) is 0 Å². The highest BCUT2D eigenvalue weighted by Crippen LogP contribution is 2.22. The molecule has 0 spiro atoms. The molecule has 2 aromatic rings. The molecule has 2 heterocycles. The molecular weight excluding hydrogens is 254 g/mol. The molecule has 0 radical (unpaired) electrons. The molecule has 20 heavy (non-hydrogen) atoms. The third-order valence-corrected chi connectivity index (χ3v) is 3.10. The number of hydrogen-bond donors (Lipinski definition) is 1. The third-order valence-electron chi connectivity index (χ3n) is 3.10. The van der Waals surface area contributed by atoms with Crippen molar-refractivity contribution in [1.82, 2.24) is 15.3 Å². The van der Waals surface area contributed by atoms with Crippen LogP contribution in [0.5, 0.6) is 0 Å². The van der Waals surface area contributed by atoms with E-state index in [0.29, 0.717) is 24.5 Å². The number of nitriles is 1. The molecule has 0 saturated carbocycles. The second-order valence-corrected chi connectivity index (χ2v) is 4.33. The van der Waals surface area contributed by atoms with E-state index in [9.17, 15) is 4.79 Å². The van der Waals surface area contributed by atoms with E-state index < -0.39 is 0 Å². The quantitative estimate of drug-likeness (QED) is 0.893. The molecule has 1 aliphatic rings. The number of hydrogen-bond acceptors (Lipinski definition) is 4. The van der Waals surface area contributed by atoms with Crippen molar-refractivity contribution >= 4 is 11.7 Å². The zero-order chi connectivity index (χ0) is 13.9. The highest BCUT2D eigenvalue weighted by molar-refractivity contribution is 5.94. The molecule has 0 bridgehead atoms. The second kappa shape index (κ2) is 4.97. The number of carbonyl (C=O) groups excluding carboxylic acids is 1. The Kier molecular flexibility index (Phi) is 3.01. The van der Waals surface area contributed by atoms with Gasteiger partial charge < -0.3 is 5.32 Å². The van der Waals surface area contributed by atoms with Crippen molar-refractivity contribution in [2.75, 3.05) is 18.0 Å². The predicted molar refractivity (Wildman–Crippen MR) is 72.9 cm³/mol. The summed E-state index contributed by atoms with van der Waals surface area (Å²) in [5, 5.41) is 11.4. The Bertz CT molecular complexity index is 672. The van der Waals surface area contributed by atoms with Crippen molar-refractivity contribution in [3.63, 3.8) is 0 Å². The fourth-order valence-corrected chi connectivity index (χ4v) is 2.06. The van der Waals surface area contributed by atoms with Gasteiger partial charge in [0.05, 0.1) is 18.1 Å². The number of nitrogens with one attached hydrogen (secondary N) is 1. The lowest BCUT2D eigenvalue weighted by Crippen LogP contribution is -2.27. The van der Waals surface area contributed by atoms with Gasteiger partial charge in [-0.15, -0.1) is 0 Å². The molecule has 1 saturated heterocycles. The van der Waals surface area contributed by atoms with Gasteiger partial charge >= 0.3 is 6.03 Å². The highest BCUT2D eigenvalue weighted by atomic mass is 16.2. The van der Waals surface area contributed by atoms with Gasteiger partial charge in [0.1, 0.15) is 6.07 Å². The highest BCUT2D eigenvalue weighted by Gasteiger charge is 2.20. The summed E-state index contributed by atoms with van der Waals surface area (Å²) in [6.45, 7) is 1.34. The minimum absolute atomic E-state index is 0.0732. The van der Waals surface area contributed by atoms with E-state index in [2.05, 4.69) is 15.3 Å². The van der Waals surface area contributed by atoms with Crippen molar-refractivity contribution in [1.29, 1.82) is 5.26 Å². The standard InChI is InChI=1S/C14H11N5O/c15-7-11-8-18-13(9-17-11)10-1-3-12(4-2-10)19-6-5-16-14(19)20/h1-4,8-9H,5-6H2,(H,16,20). The van der Waals surface area contributed by atoms with Gasteiger partial charge in [-0.05, 0) is 12.1 Å². The lowest BCUT2D eigenvalue weighted by Gasteiger charge is -2.14. The Morgan fingerprint density at radius 3 is 2.55 bits per heavy atom. The SMILES string of the molecule is N#Cc1cnc(-c2ccc(N3CCNC3=O)cc2)cn1. The Labute approximate surface area is 115 Å². The minimum Gasteiger partial charge on any atom is -0.336 e. The number of amides is 2. The van der Waals surface area contributed by atoms with E-state index in [1.165, 1.54) is 6.20 Å². The molecule has 1 aliphatic heterocycles. The zero-order valence-corrected chi connectivity index (χ0v) is 10.6. The maximum absolute atomic E-state index is 11.6. The molecule has 2 amide bonds. The van der Waals surface area contributed by atoms with E-state index in [0.717, 1.165) is 11.3 Å². The van der Waals surface area contributed by atoms with Crippen LogP contribution in [0.3, 0.4) is 0 Å². The van der Waals surface area contributed by atoms with E-state index in [1.54, 1.807) is 11.1 Å². The van der Waals surface area contributed by atoms with E-state index >= 15 is 0 Å². The molecule has 98 valence electrons. The molecule has 1 aromatic heterocycles. The van der Waals surface area contributed by atoms with Gasteiger partial charge in [0, 0.05) is 24.3 Å². The maximum atomic E-state index is 11.6. The summed E-state index contributed by atoms with van der Waals surface area (Å²) in [5.41, 5.74) is 2.73. The van der Waals surface area contributed by atoms with Crippen LogP contribution in [0.1, 0.15) is 5.69 Å². The van der Waals surface area contributed by atoms with Gasteiger partial charge in [-0.2, -0.15) is 5.26 Å². The van der Waals surface area contributed by atoms with Crippen LogP contribution in [0.15, 0.2) is 36.7 Å². The van der Waals surface area contributed by atoms with Crippen LogP contribution < -0.4 is 10.2 Å². The summed E-state index contributed by atoms with van der Waals surface area (Å²) in [6.07, 6.45) is 3.01. The summed E-state index contributed by atoms with van der Waals surface area (Å²) < 4.78 is 0. The van der Waals surface area contributed by atoms with E-state index in [4.69, 9.17) is 5.26 Å². The van der Waals surface area contributed by atoms with Gasteiger partial charge in [0.2, 0.25) is 0 Å². The number of nitrogens with zero attached hydrogens (tertiary/aromatic N) is 4. The lowest BCUT2D eigenvalue weighted by atomic mass is 10.1. The first-order valence-electron chi connectivity index (χ1n) is 6.16. The predicted octanol–water partition coefficient (Wildman–Crippen LogP) is 1.54. The van der Waals surface area contributed by atoms with Gasteiger partial charge in [-0.25, -0.2) is 9.78 Å². The topological polar surface area (TPSA) is 81.9 Å². The average molecular weight is 265 g/mol. The molecule has 1 N–H and O–H groups in total. The largest absolute Gasteiger partial charge is 0.336 e. The maximum Gasteiger partial charge on any atom is 0.321 e. The molecular formula is C14H11N5O. The molecule has 3 rings (SSSR count). The van der Waals surface area contributed by atoms with Crippen LogP contribution in [0.2, 0.25) is 0 Å². The summed E-state index contributed by atoms with van der Waals surface area (Å²) >= 11 is 0. The van der Waals surface area contributed by atoms with Crippen molar-refractivity contribution < 1.29 is 4.79 Å². The number of rotatable bonds is 2. The number of carbonyl (C=O) groups is 1. The zero-order valence-electron chi connectivity index (χ0n) is 10.6. The van der Waals surface area contributed by atoms with Gasteiger partial charge in [0.15, 0.2) is 5.69 Å². The van der Waals surface area contributed by atoms with Crippen molar-refractivity contribution in [3.05, 3.63) is 42.4 Å². The van der Waals surface area contributed by atoms with Crippen molar-refractivity contribution in [2.45, 2.75) is 0 Å². The number of anilines is 1. The lowest BCUT2D eigenvalue weighted by molar-refractivity contribution is 0.252. The minimum atomic E-state index is -0.0732. The Balaban J connectivity index is 1.85. The van der Waals surface area contributed by atoms with Crippen molar-refractivity contribution in [3.8, 4) is 17.3 Å². The van der Waals surface area contributed by atoms with E-state index in [-0.39, 0.29) is 6.03 Å². The first kappa shape index (κ1) is 12.1. The molecule has 1 fully saturated rings. The van der Waals surface area contributed by atoms with Gasteiger partial charge in [-0.3, -0.25) is 9.88 Å². The normalized spacial score (nSPS) is 13.9. The fourth-order valence-electron chi connectivity index (χ4n) is 2.06. The molecule has 0 aliphatic carbocycles. The average Bonchev–Trinajstić information content (AvgIpc) is 2.94. The third kappa shape index (κ3) is 2.17. The summed E-state index contributed by atoms with van der Waals surface area (Å²) in [6, 6.07) is 9.38. The molecule has 6 heteroatoms. The second-order valence-electron chi connectivity index (χ2n) is 4.33. The molecule has 1 aromatic carbocycles. The van der Waals surface area contributed by atoms with Gasteiger partial charge in [0.25, 0.3) is 0 Å². The Hall–Kier alpha value is -2.94. The number of urea groups is 1. The van der Waals surface area contributed by atoms with Crippen LogP contribution in [-0.4, -0.2) is 29.1 Å². The van der Waals surface area contributed by atoms with Crippen LogP contribution in [-0.2, 0) is 0 Å². The van der Waals surface area contributed by atoms with Crippen LogP contribution >= 0.6 is 0 Å². The van der Waals surface area contributed by atoms with Gasteiger partial charge in [-0.1, -0.05) is 12.1 Å².